The first-order valence-corrected chi connectivity index (χ1v) is 7.61. The molecule has 0 saturated carbocycles. The van der Waals surface area contributed by atoms with Crippen molar-refractivity contribution in [1.29, 1.82) is 0 Å². The van der Waals surface area contributed by atoms with Crippen LogP contribution in [-0.4, -0.2) is 24.7 Å². The number of hydrogen-bond donors (Lipinski definition) is 2. The maximum Gasteiger partial charge on any atom is 0.191 e. The molecule has 116 valence electrons. The van der Waals surface area contributed by atoms with Gasteiger partial charge in [0.15, 0.2) is 11.7 Å². The van der Waals surface area contributed by atoms with E-state index in [9.17, 15) is 0 Å². The number of aromatic nitrogens is 1. The normalized spacial score (nSPS) is 11.0. The number of hydrogen-bond acceptors (Lipinski definition) is 4. The molecule has 0 bridgehead atoms. The first kappa shape index (κ1) is 18.0. The molecule has 0 aliphatic rings. The molecule has 0 atom stereocenters. The van der Waals surface area contributed by atoms with Crippen LogP contribution in [0.5, 0.6) is 0 Å². The molecule has 0 radical (unpaired) electrons. The summed E-state index contributed by atoms with van der Waals surface area (Å²) in [5, 5.41) is 12.5. The molecule has 7 heteroatoms. The molecule has 0 aliphatic heterocycles. The van der Waals surface area contributed by atoms with Crippen LogP contribution in [0.15, 0.2) is 33.1 Å². The molecule has 2 aromatic heterocycles. The molecule has 0 saturated heterocycles. The van der Waals surface area contributed by atoms with E-state index in [4.69, 9.17) is 4.52 Å². The van der Waals surface area contributed by atoms with Crippen molar-refractivity contribution in [2.45, 2.75) is 26.3 Å². The molecule has 2 rings (SSSR count). The zero-order valence-corrected chi connectivity index (χ0v) is 15.4. The summed E-state index contributed by atoms with van der Waals surface area (Å²) in [5.41, 5.74) is 0.974. The van der Waals surface area contributed by atoms with E-state index in [1.165, 1.54) is 4.88 Å². The standard InChI is InChI=1S/C14H20N4OS.HI/c1-3-11-9-12(19-18-11)10-17-14(15-2)16-7-6-13-5-4-8-20-13;/h4-5,8-9H,3,6-7,10H2,1-2H3,(H2,15,16,17);1H. The Bertz CT molecular complexity index is 539. The second-order valence-electron chi connectivity index (χ2n) is 4.32. The smallest absolute Gasteiger partial charge is 0.191 e. The minimum atomic E-state index is 0. The highest BCUT2D eigenvalue weighted by Gasteiger charge is 2.04. The number of nitrogens with one attached hydrogen (secondary N) is 2. The van der Waals surface area contributed by atoms with E-state index in [0.29, 0.717) is 6.54 Å². The number of rotatable bonds is 6. The number of guanidine groups is 1. The summed E-state index contributed by atoms with van der Waals surface area (Å²) in [4.78, 5) is 5.56. The van der Waals surface area contributed by atoms with Crippen LogP contribution in [0.25, 0.3) is 0 Å². The van der Waals surface area contributed by atoms with Crippen molar-refractivity contribution < 1.29 is 4.52 Å². The van der Waals surface area contributed by atoms with E-state index in [-0.39, 0.29) is 24.0 Å². The topological polar surface area (TPSA) is 62.5 Å². The van der Waals surface area contributed by atoms with Gasteiger partial charge in [0.05, 0.1) is 12.2 Å². The van der Waals surface area contributed by atoms with Gasteiger partial charge in [-0.05, 0) is 24.3 Å². The summed E-state index contributed by atoms with van der Waals surface area (Å²) in [6, 6.07) is 6.18. The number of nitrogens with zero attached hydrogens (tertiary/aromatic N) is 2. The fourth-order valence-electron chi connectivity index (χ4n) is 1.76. The highest BCUT2D eigenvalue weighted by atomic mass is 127. The van der Waals surface area contributed by atoms with E-state index in [1.807, 2.05) is 6.07 Å². The van der Waals surface area contributed by atoms with Crippen LogP contribution in [0.2, 0.25) is 0 Å². The van der Waals surface area contributed by atoms with Crippen LogP contribution in [0.1, 0.15) is 23.3 Å². The van der Waals surface area contributed by atoms with Gasteiger partial charge in [-0.3, -0.25) is 4.99 Å². The van der Waals surface area contributed by atoms with Crippen LogP contribution in [-0.2, 0) is 19.4 Å². The number of thiophene rings is 1. The number of aryl methyl sites for hydroxylation is 1. The predicted octanol–water partition coefficient (Wildman–Crippen LogP) is 2.82. The molecule has 0 amide bonds. The SMILES string of the molecule is CCc1cc(CNC(=NC)NCCc2cccs2)on1.I. The summed E-state index contributed by atoms with van der Waals surface area (Å²) in [6.07, 6.45) is 1.89. The maximum atomic E-state index is 5.22. The lowest BCUT2D eigenvalue weighted by Gasteiger charge is -2.09. The highest BCUT2D eigenvalue weighted by molar-refractivity contribution is 14.0. The molecule has 0 aliphatic carbocycles. The van der Waals surface area contributed by atoms with Crippen molar-refractivity contribution in [1.82, 2.24) is 15.8 Å². The average molecular weight is 420 g/mol. The molecule has 2 aromatic rings. The van der Waals surface area contributed by atoms with Gasteiger partial charge in [-0.1, -0.05) is 18.1 Å². The summed E-state index contributed by atoms with van der Waals surface area (Å²) < 4.78 is 5.22. The monoisotopic (exact) mass is 420 g/mol. The van der Waals surface area contributed by atoms with E-state index >= 15 is 0 Å². The van der Waals surface area contributed by atoms with Crippen LogP contribution in [0.4, 0.5) is 0 Å². The second kappa shape index (κ2) is 9.78. The van der Waals surface area contributed by atoms with Gasteiger partial charge in [0.1, 0.15) is 0 Å². The minimum absolute atomic E-state index is 0. The number of halogens is 1. The van der Waals surface area contributed by atoms with Crippen molar-refractivity contribution >= 4 is 41.3 Å². The summed E-state index contributed by atoms with van der Waals surface area (Å²) in [7, 11) is 1.76. The molecule has 0 unspecified atom stereocenters. The third kappa shape index (κ3) is 6.04. The van der Waals surface area contributed by atoms with Crippen molar-refractivity contribution in [3.05, 3.63) is 39.9 Å². The molecule has 2 heterocycles. The average Bonchev–Trinajstić information content (AvgIpc) is 3.13. The molecule has 2 N–H and O–H groups in total. The second-order valence-corrected chi connectivity index (χ2v) is 5.35. The van der Waals surface area contributed by atoms with Crippen LogP contribution in [0.3, 0.4) is 0 Å². The quantitative estimate of drug-likeness (QED) is 0.429. The van der Waals surface area contributed by atoms with Gasteiger partial charge in [-0.2, -0.15) is 0 Å². The largest absolute Gasteiger partial charge is 0.359 e. The fraction of sp³-hybridized carbons (Fsp3) is 0.429. The lowest BCUT2D eigenvalue weighted by atomic mass is 10.3. The van der Waals surface area contributed by atoms with Crippen molar-refractivity contribution in [3.8, 4) is 0 Å². The summed E-state index contributed by atoms with van der Waals surface area (Å²) in [5.74, 6) is 1.60. The Morgan fingerprint density at radius 3 is 2.90 bits per heavy atom. The molecule has 0 spiro atoms. The van der Waals surface area contributed by atoms with Crippen molar-refractivity contribution in [2.75, 3.05) is 13.6 Å². The van der Waals surface area contributed by atoms with Gasteiger partial charge < -0.3 is 15.2 Å². The Kier molecular flexibility index (Phi) is 8.36. The fourth-order valence-corrected chi connectivity index (χ4v) is 2.47. The van der Waals surface area contributed by atoms with Crippen molar-refractivity contribution in [2.24, 2.45) is 4.99 Å². The lowest BCUT2D eigenvalue weighted by Crippen LogP contribution is -2.37. The zero-order chi connectivity index (χ0) is 14.2. The molecular formula is C14H21IN4OS. The Labute approximate surface area is 146 Å². The minimum Gasteiger partial charge on any atom is -0.359 e. The van der Waals surface area contributed by atoms with Gasteiger partial charge in [0, 0.05) is 24.5 Å². The molecule has 0 fully saturated rings. The van der Waals surface area contributed by atoms with E-state index in [0.717, 1.165) is 36.8 Å². The Hall–Kier alpha value is -1.09. The van der Waals surface area contributed by atoms with Crippen LogP contribution < -0.4 is 10.6 Å². The lowest BCUT2D eigenvalue weighted by molar-refractivity contribution is 0.374. The highest BCUT2D eigenvalue weighted by Crippen LogP contribution is 2.08. The van der Waals surface area contributed by atoms with Gasteiger partial charge in [-0.15, -0.1) is 35.3 Å². The third-order valence-electron chi connectivity index (χ3n) is 2.87. The summed E-state index contributed by atoms with van der Waals surface area (Å²) >= 11 is 1.77. The van der Waals surface area contributed by atoms with Gasteiger partial charge in [-0.25, -0.2) is 0 Å². The Balaban J connectivity index is 0.00000220. The van der Waals surface area contributed by atoms with Crippen molar-refractivity contribution in [3.63, 3.8) is 0 Å². The third-order valence-corrected chi connectivity index (χ3v) is 3.80. The number of aliphatic imine (C=N–C) groups is 1. The Morgan fingerprint density at radius 2 is 2.29 bits per heavy atom. The van der Waals surface area contributed by atoms with Gasteiger partial charge in [0.2, 0.25) is 0 Å². The molecule has 5 nitrogen and oxygen atoms in total. The van der Waals surface area contributed by atoms with E-state index in [1.54, 1.807) is 18.4 Å². The van der Waals surface area contributed by atoms with Gasteiger partial charge >= 0.3 is 0 Å². The first-order valence-electron chi connectivity index (χ1n) is 6.73. The van der Waals surface area contributed by atoms with Crippen LogP contribution >= 0.6 is 35.3 Å². The van der Waals surface area contributed by atoms with E-state index < -0.39 is 0 Å². The predicted molar refractivity (Wildman–Crippen MR) is 97.5 cm³/mol. The maximum absolute atomic E-state index is 5.22. The zero-order valence-electron chi connectivity index (χ0n) is 12.3. The van der Waals surface area contributed by atoms with E-state index in [2.05, 4.69) is 45.2 Å². The van der Waals surface area contributed by atoms with Gasteiger partial charge in [0.25, 0.3) is 0 Å². The molecule has 0 aromatic carbocycles. The Morgan fingerprint density at radius 1 is 1.43 bits per heavy atom. The molecular weight excluding hydrogens is 399 g/mol. The molecule has 21 heavy (non-hydrogen) atoms. The first-order chi connectivity index (χ1) is 9.81. The summed E-state index contributed by atoms with van der Waals surface area (Å²) in [6.45, 7) is 3.50. The van der Waals surface area contributed by atoms with Crippen LogP contribution in [0, 0.1) is 0 Å².